The predicted octanol–water partition coefficient (Wildman–Crippen LogP) is 4.69. The number of benzene rings is 2. The highest BCUT2D eigenvalue weighted by molar-refractivity contribution is 6.32. The van der Waals surface area contributed by atoms with Gasteiger partial charge in [0.25, 0.3) is 6.02 Å². The van der Waals surface area contributed by atoms with Gasteiger partial charge >= 0.3 is 0 Å². The van der Waals surface area contributed by atoms with Crippen molar-refractivity contribution >= 4 is 45.7 Å². The van der Waals surface area contributed by atoms with E-state index in [2.05, 4.69) is 30.6 Å². The average molecular weight is 503 g/mol. The third kappa shape index (κ3) is 4.75. The minimum atomic E-state index is -0.341. The number of aliphatic hydroxyl groups excluding tert-OH is 1. The lowest BCUT2D eigenvalue weighted by atomic mass is 10.2. The summed E-state index contributed by atoms with van der Waals surface area (Å²) in [5.41, 5.74) is 3.17. The molecule has 6 rings (SSSR count). The monoisotopic (exact) mass is 502 g/mol. The zero-order valence-electron chi connectivity index (χ0n) is 19.1. The highest BCUT2D eigenvalue weighted by Crippen LogP contribution is 2.33. The third-order valence-electron chi connectivity index (χ3n) is 6.18. The van der Waals surface area contributed by atoms with Crippen LogP contribution in [0.1, 0.15) is 18.5 Å². The van der Waals surface area contributed by atoms with Crippen molar-refractivity contribution in [3.63, 3.8) is 0 Å². The van der Waals surface area contributed by atoms with E-state index in [1.165, 1.54) is 6.33 Å². The maximum Gasteiger partial charge on any atom is 0.289 e. The summed E-state index contributed by atoms with van der Waals surface area (Å²) >= 11 is 6.48. The van der Waals surface area contributed by atoms with Crippen molar-refractivity contribution in [1.29, 1.82) is 0 Å². The molecule has 2 aromatic heterocycles. The molecule has 10 heteroatoms. The Bertz CT molecular complexity index is 1430. The third-order valence-corrected chi connectivity index (χ3v) is 6.47. The van der Waals surface area contributed by atoms with Crippen LogP contribution in [0.25, 0.3) is 10.9 Å². The van der Waals surface area contributed by atoms with Gasteiger partial charge in [-0.25, -0.2) is 15.0 Å². The Labute approximate surface area is 212 Å². The van der Waals surface area contributed by atoms with Crippen molar-refractivity contribution in [2.24, 2.45) is 4.99 Å². The molecule has 1 saturated carbocycles. The van der Waals surface area contributed by atoms with Crippen LogP contribution >= 0.6 is 11.6 Å². The number of hydrogen-bond acceptors (Lipinski definition) is 9. The number of amidine groups is 1. The van der Waals surface area contributed by atoms with E-state index in [9.17, 15) is 5.11 Å². The molecule has 182 valence electrons. The molecular formula is C26H23ClN6O3. The minimum Gasteiger partial charge on any atom is -0.486 e. The normalized spacial score (nSPS) is 20.5. The van der Waals surface area contributed by atoms with Crippen LogP contribution in [-0.4, -0.2) is 44.3 Å². The Hall–Kier alpha value is -3.95. The number of anilines is 3. The molecule has 1 aliphatic carbocycles. The fourth-order valence-corrected chi connectivity index (χ4v) is 4.66. The van der Waals surface area contributed by atoms with Gasteiger partial charge in [0.1, 0.15) is 30.6 Å². The van der Waals surface area contributed by atoms with Crippen LogP contribution in [-0.2, 0) is 11.3 Å². The second-order valence-electron chi connectivity index (χ2n) is 8.74. The summed E-state index contributed by atoms with van der Waals surface area (Å²) in [4.78, 5) is 17.6. The second kappa shape index (κ2) is 9.60. The van der Waals surface area contributed by atoms with Gasteiger partial charge in [-0.2, -0.15) is 0 Å². The predicted molar refractivity (Wildman–Crippen MR) is 138 cm³/mol. The van der Waals surface area contributed by atoms with Gasteiger partial charge in [0.2, 0.25) is 0 Å². The molecule has 0 radical (unpaired) electrons. The van der Waals surface area contributed by atoms with Gasteiger partial charge in [0.15, 0.2) is 0 Å². The molecule has 1 fully saturated rings. The van der Waals surface area contributed by atoms with E-state index < -0.39 is 0 Å². The van der Waals surface area contributed by atoms with Crippen LogP contribution in [0, 0.1) is 0 Å². The van der Waals surface area contributed by atoms with E-state index in [4.69, 9.17) is 21.1 Å². The molecule has 1 aliphatic heterocycles. The first-order valence-corrected chi connectivity index (χ1v) is 12.0. The first kappa shape index (κ1) is 22.5. The highest BCUT2D eigenvalue weighted by atomic mass is 35.5. The van der Waals surface area contributed by atoms with Crippen molar-refractivity contribution < 1.29 is 14.6 Å². The second-order valence-corrected chi connectivity index (χ2v) is 9.15. The molecular weight excluding hydrogens is 480 g/mol. The Morgan fingerprint density at radius 2 is 1.89 bits per heavy atom. The van der Waals surface area contributed by atoms with Crippen LogP contribution in [0.3, 0.4) is 0 Å². The fourth-order valence-electron chi connectivity index (χ4n) is 4.43. The first-order chi connectivity index (χ1) is 17.6. The van der Waals surface area contributed by atoms with Gasteiger partial charge in [-0.3, -0.25) is 4.98 Å². The summed E-state index contributed by atoms with van der Waals surface area (Å²) in [7, 11) is 0. The molecule has 0 saturated heterocycles. The molecule has 0 bridgehead atoms. The van der Waals surface area contributed by atoms with Gasteiger partial charge in [0, 0.05) is 29.4 Å². The number of hydrogen-bond donors (Lipinski definition) is 3. The molecule has 0 amide bonds. The molecule has 3 heterocycles. The minimum absolute atomic E-state index is 0.00386. The standard InChI is InChI=1S/C26H23ClN6O3/c27-20-10-16(5-7-23(20)35-13-17-3-1-2-8-28-17)31-25-19-9-15(4-6-21(19)29-14-30-25)32-26-33-22-11-18(34)12-24(22)36-26/h1-10,14,18,22,24,34H,11-13H2,(H,32,33)(H,29,30,31)/t18-,22-,24+/m1/s1. The van der Waals surface area contributed by atoms with Crippen LogP contribution < -0.4 is 15.4 Å². The quantitative estimate of drug-likeness (QED) is 0.348. The number of rotatable bonds is 6. The maximum atomic E-state index is 9.78. The molecule has 3 N–H and O–H groups in total. The zero-order chi connectivity index (χ0) is 24.5. The number of ether oxygens (including phenoxy) is 2. The summed E-state index contributed by atoms with van der Waals surface area (Å²) in [6.07, 6.45) is 4.07. The Kier molecular flexibility index (Phi) is 6.00. The molecule has 0 unspecified atom stereocenters. The lowest BCUT2D eigenvalue weighted by Gasteiger charge is -2.13. The van der Waals surface area contributed by atoms with Gasteiger partial charge < -0.3 is 25.2 Å². The summed E-state index contributed by atoms with van der Waals surface area (Å²) in [6.45, 7) is 0.330. The average Bonchev–Trinajstić information content (AvgIpc) is 3.41. The summed E-state index contributed by atoms with van der Waals surface area (Å²) < 4.78 is 11.7. The smallest absolute Gasteiger partial charge is 0.289 e. The van der Waals surface area contributed by atoms with Crippen LogP contribution in [0.4, 0.5) is 17.2 Å². The van der Waals surface area contributed by atoms with Crippen LogP contribution in [0.2, 0.25) is 5.02 Å². The van der Waals surface area contributed by atoms with Crippen molar-refractivity contribution in [2.45, 2.75) is 37.7 Å². The Morgan fingerprint density at radius 1 is 1.00 bits per heavy atom. The van der Waals surface area contributed by atoms with E-state index >= 15 is 0 Å². The number of aliphatic imine (C=N–C) groups is 1. The van der Waals surface area contributed by atoms with E-state index in [0.717, 1.165) is 28.0 Å². The first-order valence-electron chi connectivity index (χ1n) is 11.6. The number of fused-ring (bicyclic) bond motifs is 2. The SMILES string of the molecule is O[C@H]1C[C@@H]2OC(Nc3ccc4ncnc(Nc5ccc(OCc6ccccn6)c(Cl)c5)c4c3)=N[C@@H]2C1. The molecule has 2 aromatic carbocycles. The zero-order valence-corrected chi connectivity index (χ0v) is 19.9. The van der Waals surface area contributed by atoms with E-state index in [-0.39, 0.29) is 18.2 Å². The summed E-state index contributed by atoms with van der Waals surface area (Å²) in [5, 5.41) is 17.6. The van der Waals surface area contributed by atoms with Crippen LogP contribution in [0.5, 0.6) is 5.75 Å². The Morgan fingerprint density at radius 3 is 2.72 bits per heavy atom. The molecule has 3 atom stereocenters. The fraction of sp³-hybridized carbons (Fsp3) is 0.231. The van der Waals surface area contributed by atoms with Crippen molar-refractivity contribution in [1.82, 2.24) is 15.0 Å². The largest absolute Gasteiger partial charge is 0.486 e. The number of halogens is 1. The molecule has 2 aliphatic rings. The number of aromatic nitrogens is 3. The highest BCUT2D eigenvalue weighted by Gasteiger charge is 2.40. The lowest BCUT2D eigenvalue weighted by molar-refractivity contribution is 0.148. The van der Waals surface area contributed by atoms with Crippen molar-refractivity contribution in [3.8, 4) is 5.75 Å². The van der Waals surface area contributed by atoms with Gasteiger partial charge in [-0.15, -0.1) is 0 Å². The number of nitrogens with one attached hydrogen (secondary N) is 2. The molecule has 0 spiro atoms. The van der Waals surface area contributed by atoms with E-state index in [0.29, 0.717) is 42.1 Å². The van der Waals surface area contributed by atoms with Crippen LogP contribution in [0.15, 0.2) is 72.1 Å². The molecule has 36 heavy (non-hydrogen) atoms. The Balaban J connectivity index is 1.18. The summed E-state index contributed by atoms with van der Waals surface area (Å²) in [6, 6.07) is 17.4. The van der Waals surface area contributed by atoms with E-state index in [1.807, 2.05) is 48.5 Å². The maximum absolute atomic E-state index is 9.78. The molecule has 9 nitrogen and oxygen atoms in total. The number of aliphatic hydroxyl groups is 1. The van der Waals surface area contributed by atoms with Gasteiger partial charge in [-0.05, 0) is 55.0 Å². The number of nitrogens with zero attached hydrogens (tertiary/aromatic N) is 4. The summed E-state index contributed by atoms with van der Waals surface area (Å²) in [5.74, 6) is 1.21. The molecule has 4 aromatic rings. The topological polar surface area (TPSA) is 114 Å². The van der Waals surface area contributed by atoms with Crippen molar-refractivity contribution in [3.05, 3.63) is 77.8 Å². The lowest BCUT2D eigenvalue weighted by Crippen LogP contribution is -2.19. The number of pyridine rings is 1. The van der Waals surface area contributed by atoms with Crippen molar-refractivity contribution in [2.75, 3.05) is 10.6 Å². The van der Waals surface area contributed by atoms with Gasteiger partial charge in [0.05, 0.1) is 28.4 Å². The van der Waals surface area contributed by atoms with E-state index in [1.54, 1.807) is 12.3 Å². The van der Waals surface area contributed by atoms with Gasteiger partial charge in [-0.1, -0.05) is 17.7 Å².